The lowest BCUT2D eigenvalue weighted by atomic mass is 10.2. The Morgan fingerprint density at radius 3 is 2.62 bits per heavy atom. The van der Waals surface area contributed by atoms with Crippen LogP contribution in [0.4, 0.5) is 10.7 Å². The van der Waals surface area contributed by atoms with Crippen molar-refractivity contribution in [3.63, 3.8) is 0 Å². The average Bonchev–Trinajstić information content (AvgIpc) is 2.53. The summed E-state index contributed by atoms with van der Waals surface area (Å²) in [7, 11) is 0. The normalized spacial score (nSPS) is 9.56. The molecule has 0 unspecified atom stereocenters. The van der Waals surface area contributed by atoms with Crippen LogP contribution in [0.5, 0.6) is 5.75 Å². The van der Waals surface area contributed by atoms with Crippen LogP contribution in [0, 0.1) is 6.92 Å². The standard InChI is InChI=1S/C8H9N3O.CH3NO2/c1-4-6(12)3-2-5-7(4)11-8(9)10-5;2-1(3)4/h2-3,12H,1H3,(H3,9,10,11);2H2,(H,3,4). The third kappa shape index (κ3) is 2.53. The Kier molecular flexibility index (Phi) is 3.19. The molecule has 0 aliphatic carbocycles. The molecule has 0 spiro atoms. The number of nitrogen functional groups attached to an aromatic ring is 1. The van der Waals surface area contributed by atoms with Gasteiger partial charge in [0.1, 0.15) is 5.75 Å². The molecule has 0 aliphatic rings. The fourth-order valence-electron chi connectivity index (χ4n) is 1.22. The predicted molar refractivity (Wildman–Crippen MR) is 59.1 cm³/mol. The van der Waals surface area contributed by atoms with Gasteiger partial charge in [-0.25, -0.2) is 9.78 Å². The number of aromatic amines is 1. The molecule has 1 amide bonds. The Bertz CT molecular complexity index is 517. The highest BCUT2D eigenvalue weighted by Gasteiger charge is 2.05. The van der Waals surface area contributed by atoms with Gasteiger partial charge in [-0.05, 0) is 19.1 Å². The van der Waals surface area contributed by atoms with Gasteiger partial charge < -0.3 is 26.7 Å². The molecule has 16 heavy (non-hydrogen) atoms. The number of aromatic nitrogens is 2. The Hall–Kier alpha value is -2.44. The molecule has 0 atom stereocenters. The summed E-state index contributed by atoms with van der Waals surface area (Å²) in [5.41, 5.74) is 11.8. The van der Waals surface area contributed by atoms with Crippen LogP contribution in [-0.2, 0) is 0 Å². The van der Waals surface area contributed by atoms with E-state index < -0.39 is 6.09 Å². The number of hydrogen-bond donors (Lipinski definition) is 5. The van der Waals surface area contributed by atoms with Gasteiger partial charge in [0.2, 0.25) is 0 Å². The highest BCUT2D eigenvalue weighted by molar-refractivity contribution is 5.82. The predicted octanol–water partition coefficient (Wildman–Crippen LogP) is 0.782. The summed E-state index contributed by atoms with van der Waals surface area (Å²) in [4.78, 5) is 15.7. The van der Waals surface area contributed by atoms with Crippen LogP contribution in [0.1, 0.15) is 5.56 Å². The summed E-state index contributed by atoms with van der Waals surface area (Å²) in [6.45, 7) is 1.80. The number of fused-ring (bicyclic) bond motifs is 1. The van der Waals surface area contributed by atoms with E-state index >= 15 is 0 Å². The van der Waals surface area contributed by atoms with Crippen molar-refractivity contribution in [3.8, 4) is 5.75 Å². The van der Waals surface area contributed by atoms with E-state index in [1.54, 1.807) is 19.1 Å². The smallest absolute Gasteiger partial charge is 0.402 e. The molecule has 7 nitrogen and oxygen atoms in total. The number of anilines is 1. The van der Waals surface area contributed by atoms with E-state index in [-0.39, 0.29) is 5.75 Å². The van der Waals surface area contributed by atoms with E-state index in [0.29, 0.717) is 5.95 Å². The number of phenols is 1. The largest absolute Gasteiger partial charge is 0.508 e. The number of aromatic hydroxyl groups is 1. The van der Waals surface area contributed by atoms with E-state index in [2.05, 4.69) is 15.7 Å². The number of primary amides is 1. The minimum atomic E-state index is -1.33. The number of rotatable bonds is 0. The van der Waals surface area contributed by atoms with Gasteiger partial charge in [0.05, 0.1) is 11.0 Å². The Morgan fingerprint density at radius 1 is 1.50 bits per heavy atom. The van der Waals surface area contributed by atoms with Crippen LogP contribution in [0.2, 0.25) is 0 Å². The number of amides is 1. The van der Waals surface area contributed by atoms with Gasteiger partial charge in [-0.15, -0.1) is 0 Å². The maximum atomic E-state index is 9.33. The van der Waals surface area contributed by atoms with Gasteiger partial charge in [0.15, 0.2) is 5.95 Å². The molecule has 7 heteroatoms. The van der Waals surface area contributed by atoms with Gasteiger partial charge in [-0.2, -0.15) is 0 Å². The molecule has 1 aromatic carbocycles. The lowest BCUT2D eigenvalue weighted by Crippen LogP contribution is -2.03. The molecule has 0 fully saturated rings. The summed E-state index contributed by atoms with van der Waals surface area (Å²) in [5.74, 6) is 0.618. The second-order valence-electron chi connectivity index (χ2n) is 3.07. The molecule has 2 rings (SSSR count). The average molecular weight is 224 g/mol. The van der Waals surface area contributed by atoms with E-state index in [0.717, 1.165) is 16.6 Å². The first-order valence-corrected chi connectivity index (χ1v) is 4.34. The van der Waals surface area contributed by atoms with E-state index in [4.69, 9.17) is 15.6 Å². The van der Waals surface area contributed by atoms with Crippen LogP contribution < -0.4 is 11.5 Å². The molecule has 1 heterocycles. The zero-order valence-corrected chi connectivity index (χ0v) is 8.56. The Balaban J connectivity index is 0.000000280. The SMILES string of the molecule is Cc1c(O)ccc2[nH]c(N)nc12.NC(=O)O. The highest BCUT2D eigenvalue weighted by Crippen LogP contribution is 2.24. The van der Waals surface area contributed by atoms with Crippen molar-refractivity contribution in [3.05, 3.63) is 17.7 Å². The first-order chi connectivity index (χ1) is 7.41. The van der Waals surface area contributed by atoms with Crippen molar-refractivity contribution in [1.29, 1.82) is 0 Å². The third-order valence-corrected chi connectivity index (χ3v) is 1.90. The third-order valence-electron chi connectivity index (χ3n) is 1.90. The molecule has 0 bridgehead atoms. The van der Waals surface area contributed by atoms with Gasteiger partial charge in [0.25, 0.3) is 0 Å². The number of imidazole rings is 1. The molecule has 0 radical (unpaired) electrons. The van der Waals surface area contributed by atoms with Gasteiger partial charge in [-0.3, -0.25) is 0 Å². The van der Waals surface area contributed by atoms with Crippen molar-refractivity contribution >= 4 is 23.1 Å². The van der Waals surface area contributed by atoms with E-state index in [1.807, 2.05) is 0 Å². The Morgan fingerprint density at radius 2 is 2.06 bits per heavy atom. The van der Waals surface area contributed by atoms with Gasteiger partial charge in [-0.1, -0.05) is 0 Å². The number of benzene rings is 1. The minimum Gasteiger partial charge on any atom is -0.508 e. The molecule has 7 N–H and O–H groups in total. The summed E-state index contributed by atoms with van der Waals surface area (Å²) < 4.78 is 0. The number of nitrogens with one attached hydrogen (secondary N) is 1. The number of H-pyrrole nitrogens is 1. The molecular formula is C9H12N4O3. The van der Waals surface area contributed by atoms with Crippen molar-refractivity contribution in [1.82, 2.24) is 9.97 Å². The molecule has 0 saturated heterocycles. The summed E-state index contributed by atoms with van der Waals surface area (Å²) in [6, 6.07) is 3.37. The summed E-state index contributed by atoms with van der Waals surface area (Å²) in [5, 5.41) is 16.5. The molecule has 0 saturated carbocycles. The fourth-order valence-corrected chi connectivity index (χ4v) is 1.22. The highest BCUT2D eigenvalue weighted by atomic mass is 16.4. The summed E-state index contributed by atoms with van der Waals surface area (Å²) in [6.07, 6.45) is -1.33. The second-order valence-corrected chi connectivity index (χ2v) is 3.07. The van der Waals surface area contributed by atoms with Crippen molar-refractivity contribution in [2.75, 3.05) is 5.73 Å². The molecular weight excluding hydrogens is 212 g/mol. The van der Waals surface area contributed by atoms with E-state index in [1.165, 1.54) is 0 Å². The second kappa shape index (κ2) is 4.39. The van der Waals surface area contributed by atoms with Crippen molar-refractivity contribution in [2.45, 2.75) is 6.92 Å². The number of nitrogens with zero attached hydrogens (tertiary/aromatic N) is 1. The van der Waals surface area contributed by atoms with Crippen molar-refractivity contribution < 1.29 is 15.0 Å². The number of phenolic OH excluding ortho intramolecular Hbond substituents is 1. The maximum Gasteiger partial charge on any atom is 0.402 e. The zero-order chi connectivity index (χ0) is 12.3. The quantitative estimate of drug-likeness (QED) is 0.450. The van der Waals surface area contributed by atoms with Crippen LogP contribution in [-0.4, -0.2) is 26.3 Å². The number of nitrogens with two attached hydrogens (primary N) is 2. The van der Waals surface area contributed by atoms with Crippen LogP contribution in [0.15, 0.2) is 12.1 Å². The molecule has 0 aliphatic heterocycles. The van der Waals surface area contributed by atoms with Gasteiger partial charge >= 0.3 is 6.09 Å². The monoisotopic (exact) mass is 224 g/mol. The fraction of sp³-hybridized carbons (Fsp3) is 0.111. The number of carbonyl (C=O) groups is 1. The first-order valence-electron chi connectivity index (χ1n) is 4.34. The van der Waals surface area contributed by atoms with E-state index in [9.17, 15) is 5.11 Å². The van der Waals surface area contributed by atoms with Crippen LogP contribution in [0.3, 0.4) is 0 Å². The molecule has 86 valence electrons. The van der Waals surface area contributed by atoms with Gasteiger partial charge in [0, 0.05) is 5.56 Å². The van der Waals surface area contributed by atoms with Crippen LogP contribution in [0.25, 0.3) is 11.0 Å². The zero-order valence-electron chi connectivity index (χ0n) is 8.56. The first kappa shape index (κ1) is 11.6. The number of hydrogen-bond acceptors (Lipinski definition) is 4. The van der Waals surface area contributed by atoms with Crippen LogP contribution >= 0.6 is 0 Å². The molecule has 2 aromatic rings. The number of carboxylic acid groups (broad SMARTS) is 1. The topological polar surface area (TPSA) is 138 Å². The minimum absolute atomic E-state index is 0.244. The molecule has 1 aromatic heterocycles. The summed E-state index contributed by atoms with van der Waals surface area (Å²) >= 11 is 0. The number of aryl methyl sites for hydroxylation is 1. The maximum absolute atomic E-state index is 9.33. The lowest BCUT2D eigenvalue weighted by molar-refractivity contribution is 0.205. The Labute approximate surface area is 90.7 Å². The lowest BCUT2D eigenvalue weighted by Gasteiger charge is -1.96. The van der Waals surface area contributed by atoms with Crippen molar-refractivity contribution in [2.24, 2.45) is 5.73 Å².